The average Bonchev–Trinajstić information content (AvgIpc) is 0. The van der Waals surface area contributed by atoms with Crippen molar-refractivity contribution >= 4 is 118 Å². The summed E-state index contributed by atoms with van der Waals surface area (Å²) in [6.45, 7) is 0. The van der Waals surface area contributed by atoms with Gasteiger partial charge in [0.25, 0.3) is 0 Å². The molecule has 0 heterocycles. The summed E-state index contributed by atoms with van der Waals surface area (Å²) in [5.41, 5.74) is 0. The van der Waals surface area contributed by atoms with Crippen LogP contribution in [-0.2, 0) is 0 Å². The fraction of sp³-hybridized carbons (Fsp3) is 0. The molecule has 0 N–H and O–H groups in total. The fourth-order valence-electron chi connectivity index (χ4n) is 0. The van der Waals surface area contributed by atoms with Gasteiger partial charge >= 0.3 is 118 Å². The molecule has 0 aromatic carbocycles. The molecule has 0 aliphatic heterocycles. The van der Waals surface area contributed by atoms with E-state index in [2.05, 4.69) is 0 Å². The maximum absolute atomic E-state index is 0. The molecule has 0 saturated heterocycles. The predicted octanol–water partition coefficient (Wildman–Crippen LogP) is -2.51. The number of rotatable bonds is 0. The molecule has 0 saturated carbocycles. The van der Waals surface area contributed by atoms with E-state index < -0.39 is 0 Å². The number of hydrogen-bond acceptors (Lipinski definition) is 0. The zero-order valence-corrected chi connectivity index (χ0v) is 0.500. The van der Waals surface area contributed by atoms with Crippen molar-refractivity contribution in [3.05, 3.63) is 7.43 Å². The molecule has 0 rings (SSSR count). The number of hydrogen-bond donors (Lipinski definition) is 0. The van der Waals surface area contributed by atoms with Crippen LogP contribution in [0, 0.1) is 7.43 Å². The second-order valence-electron chi connectivity index (χ2n) is 0. The van der Waals surface area contributed by atoms with Gasteiger partial charge in [-0.15, -0.1) is 0 Å². The monoisotopic (exact) mass is 108 g/mol. The third-order valence-electron chi connectivity index (χ3n) is 0. The molecular weight excluding hydrogens is 104 g/mol. The Kier molecular flexibility index (Phi) is 176. The van der Waals surface area contributed by atoms with Crippen molar-refractivity contribution in [3.63, 3.8) is 0 Å². The first kappa shape index (κ1) is 36.0. The first-order chi connectivity index (χ1) is 0. The van der Waals surface area contributed by atoms with Gasteiger partial charge in [0.15, 0.2) is 0 Å². The van der Waals surface area contributed by atoms with Crippen molar-refractivity contribution in [1.29, 1.82) is 0 Å². The summed E-state index contributed by atoms with van der Waals surface area (Å²) in [4.78, 5) is 0. The van der Waals surface area contributed by atoms with Crippen molar-refractivity contribution in [2.75, 3.05) is 0 Å². The zero-order valence-electron chi connectivity index (χ0n) is 0.500. The molecule has 12 valence electrons. The van der Waals surface area contributed by atoms with Gasteiger partial charge in [-0.25, -0.2) is 0 Å². The van der Waals surface area contributed by atoms with E-state index in [1.165, 1.54) is 0 Å². The minimum absolute atomic E-state index is 0. The Morgan fingerprint density at radius 3 is 0.400 bits per heavy atom. The maximum atomic E-state index is 0. The van der Waals surface area contributed by atoms with Crippen LogP contribution in [-0.4, -0.2) is 118 Å². The molecule has 0 atom stereocenters. The van der Waals surface area contributed by atoms with Crippen LogP contribution in [0.15, 0.2) is 0 Å². The van der Waals surface area contributed by atoms with Crippen LogP contribution in [0.2, 0.25) is 0 Å². The molecule has 5 heavy (non-hydrogen) atoms. The van der Waals surface area contributed by atoms with Crippen molar-refractivity contribution in [3.8, 4) is 0 Å². The molecule has 0 fully saturated rings. The topological polar surface area (TPSA) is 0 Å². The third kappa shape index (κ3) is 18.0. The van der Waals surface area contributed by atoms with Crippen LogP contribution in [0.3, 0.4) is 0 Å². The van der Waals surface area contributed by atoms with Gasteiger partial charge in [-0.2, -0.15) is 0 Å². The van der Waals surface area contributed by atoms with Gasteiger partial charge in [0.05, 0.1) is 0 Å². The summed E-state index contributed by atoms with van der Waals surface area (Å²) >= 11 is 0. The van der Waals surface area contributed by atoms with Gasteiger partial charge in [-0.3, -0.25) is 0 Å². The first-order valence-corrected chi connectivity index (χ1v) is 0. The van der Waals surface area contributed by atoms with Crippen LogP contribution >= 0.6 is 0 Å². The molecule has 0 aromatic rings. The van der Waals surface area contributed by atoms with Crippen LogP contribution in [0.1, 0.15) is 0 Å². The van der Waals surface area contributed by atoms with Gasteiger partial charge in [0.2, 0.25) is 0 Å². The summed E-state index contributed by atoms with van der Waals surface area (Å²) < 4.78 is 0. The average molecular weight is 108 g/mol. The third-order valence-corrected chi connectivity index (χ3v) is 0. The standard InChI is InChI=1S/C.4Na.4H. The normalized spacial score (nSPS) is 0. The first-order valence-electron chi connectivity index (χ1n) is 0. The molecule has 0 aromatic heterocycles. The van der Waals surface area contributed by atoms with Crippen LogP contribution < -0.4 is 0 Å². The minimum atomic E-state index is 0. The Morgan fingerprint density at radius 1 is 0.400 bits per heavy atom. The molecule has 0 nitrogen and oxygen atoms in total. The van der Waals surface area contributed by atoms with E-state index in [-0.39, 0.29) is 126 Å². The van der Waals surface area contributed by atoms with Crippen molar-refractivity contribution in [1.82, 2.24) is 0 Å². The molecule has 0 bridgehead atoms. The van der Waals surface area contributed by atoms with Crippen LogP contribution in [0.25, 0.3) is 0 Å². The molecular formula is CH4Na4. The van der Waals surface area contributed by atoms with E-state index >= 15 is 0 Å². The summed E-state index contributed by atoms with van der Waals surface area (Å²) in [6, 6.07) is 0. The van der Waals surface area contributed by atoms with Crippen LogP contribution in [0.5, 0.6) is 0 Å². The van der Waals surface area contributed by atoms with Gasteiger partial charge in [0, 0.05) is 7.43 Å². The summed E-state index contributed by atoms with van der Waals surface area (Å²) in [6.07, 6.45) is 0. The molecule has 0 amide bonds. The zero-order chi connectivity index (χ0) is 0. The fourth-order valence-corrected chi connectivity index (χ4v) is 0. The SMILES string of the molecule is [C].[NaH].[NaH].[NaH].[NaH]. The Bertz CT molecular complexity index is 3.61. The summed E-state index contributed by atoms with van der Waals surface area (Å²) in [7, 11) is 0. The Hall–Kier alpha value is 4.00. The van der Waals surface area contributed by atoms with Gasteiger partial charge in [-0.1, -0.05) is 0 Å². The van der Waals surface area contributed by atoms with Gasteiger partial charge < -0.3 is 0 Å². The van der Waals surface area contributed by atoms with E-state index in [1.807, 2.05) is 0 Å². The van der Waals surface area contributed by atoms with E-state index in [0.29, 0.717) is 0 Å². The molecule has 0 unspecified atom stereocenters. The van der Waals surface area contributed by atoms with E-state index in [0.717, 1.165) is 0 Å². The van der Waals surface area contributed by atoms with E-state index in [9.17, 15) is 0 Å². The summed E-state index contributed by atoms with van der Waals surface area (Å²) in [5.74, 6) is 0. The van der Waals surface area contributed by atoms with Crippen molar-refractivity contribution in [2.45, 2.75) is 0 Å². The summed E-state index contributed by atoms with van der Waals surface area (Å²) in [5, 5.41) is 0. The second kappa shape index (κ2) is 24.5. The van der Waals surface area contributed by atoms with E-state index in [4.69, 9.17) is 0 Å². The van der Waals surface area contributed by atoms with Gasteiger partial charge in [0.1, 0.15) is 0 Å². The Balaban J connectivity index is 0. The quantitative estimate of drug-likeness (QED) is 0.300. The van der Waals surface area contributed by atoms with Crippen molar-refractivity contribution < 1.29 is 0 Å². The molecule has 0 spiro atoms. The predicted molar refractivity (Wildman–Crippen MR) is 31.8 cm³/mol. The molecule has 4 heteroatoms. The van der Waals surface area contributed by atoms with Gasteiger partial charge in [-0.05, 0) is 0 Å². The Morgan fingerprint density at radius 2 is 0.400 bits per heavy atom. The molecule has 0 aliphatic rings. The second-order valence-corrected chi connectivity index (χ2v) is 0. The van der Waals surface area contributed by atoms with E-state index in [1.54, 1.807) is 0 Å². The van der Waals surface area contributed by atoms with Crippen molar-refractivity contribution in [2.24, 2.45) is 0 Å². The Labute approximate surface area is 122 Å². The molecule has 4 radical (unpaired) electrons. The van der Waals surface area contributed by atoms with Crippen LogP contribution in [0.4, 0.5) is 0 Å². The molecule has 0 aliphatic carbocycles.